The average molecular weight is 645 g/mol. The van der Waals surface area contributed by atoms with Crippen LogP contribution in [0.4, 0.5) is 11.9 Å². The summed E-state index contributed by atoms with van der Waals surface area (Å²) in [7, 11) is 0. The van der Waals surface area contributed by atoms with E-state index >= 15 is 0 Å². The number of fused-ring (bicyclic) bond motifs is 2. The second kappa shape index (κ2) is 11.0. The first-order valence-electron chi connectivity index (χ1n) is 12.2. The van der Waals surface area contributed by atoms with Crippen LogP contribution in [0.2, 0.25) is 0 Å². The molecule has 4 aromatic heterocycles. The smallest absolute Gasteiger partial charge is 0.324 e. The summed E-state index contributed by atoms with van der Waals surface area (Å²) in [5, 5.41) is 21.2. The molecule has 0 spiro atoms. The third-order valence-electron chi connectivity index (χ3n) is 6.73. The van der Waals surface area contributed by atoms with Crippen molar-refractivity contribution in [3.05, 3.63) is 21.9 Å². The SMILES string of the molecule is Nc1nc2c(ncn2[C@@H]2O[C@H](COP(O)(=S)OC[C@@H]3CC[C@H](n4cnc5c(=S)[nH]c(N)nc54)O3)[C@H](O)[C@@H]2O)c(=S)[nH]1. The van der Waals surface area contributed by atoms with Gasteiger partial charge in [0, 0.05) is 0 Å². The van der Waals surface area contributed by atoms with Crippen molar-refractivity contribution in [3.8, 4) is 0 Å². The van der Waals surface area contributed by atoms with Crippen molar-refractivity contribution in [1.29, 1.82) is 0 Å². The van der Waals surface area contributed by atoms with Crippen molar-refractivity contribution in [2.45, 2.75) is 49.7 Å². The average Bonchev–Trinajstić information content (AvgIpc) is 3.69. The molecule has 41 heavy (non-hydrogen) atoms. The molecule has 0 bridgehead atoms. The summed E-state index contributed by atoms with van der Waals surface area (Å²) in [5.41, 5.74) is 13.2. The molecule has 7 atom stereocenters. The predicted molar refractivity (Wildman–Crippen MR) is 152 cm³/mol. The van der Waals surface area contributed by atoms with Gasteiger partial charge in [-0.3, -0.25) is 9.13 Å². The van der Waals surface area contributed by atoms with Crippen LogP contribution in [0.3, 0.4) is 0 Å². The molecule has 0 amide bonds. The van der Waals surface area contributed by atoms with Crippen molar-refractivity contribution < 1.29 is 33.6 Å². The van der Waals surface area contributed by atoms with Crippen LogP contribution in [0, 0.1) is 9.28 Å². The molecule has 0 aromatic carbocycles. The molecule has 0 aliphatic carbocycles. The van der Waals surface area contributed by atoms with Gasteiger partial charge in [-0.2, -0.15) is 9.97 Å². The number of imidazole rings is 2. The normalized spacial score (nSPS) is 28.1. The van der Waals surface area contributed by atoms with E-state index in [0.717, 1.165) is 0 Å². The van der Waals surface area contributed by atoms with Crippen molar-refractivity contribution in [2.24, 2.45) is 0 Å². The maximum atomic E-state index is 10.6. The number of H-pyrrole nitrogens is 2. The molecule has 0 saturated carbocycles. The lowest BCUT2D eigenvalue weighted by molar-refractivity contribution is -0.0514. The van der Waals surface area contributed by atoms with Crippen LogP contribution in [-0.2, 0) is 30.3 Å². The number of rotatable bonds is 8. The number of nitrogens with zero attached hydrogens (tertiary/aromatic N) is 6. The van der Waals surface area contributed by atoms with Gasteiger partial charge in [-0.05, 0) is 24.6 Å². The number of hydrogen-bond donors (Lipinski definition) is 7. The van der Waals surface area contributed by atoms with Gasteiger partial charge in [0.25, 0.3) is 0 Å². The lowest BCUT2D eigenvalue weighted by Gasteiger charge is -2.21. The van der Waals surface area contributed by atoms with Crippen LogP contribution >= 0.6 is 31.2 Å². The zero-order valence-electron chi connectivity index (χ0n) is 20.9. The van der Waals surface area contributed by atoms with E-state index in [2.05, 4.69) is 29.9 Å². The Morgan fingerprint density at radius 3 is 2.17 bits per heavy atom. The van der Waals surface area contributed by atoms with Gasteiger partial charge >= 0.3 is 6.72 Å². The van der Waals surface area contributed by atoms with Crippen molar-refractivity contribution in [2.75, 3.05) is 24.7 Å². The molecule has 2 aliphatic heterocycles. The van der Waals surface area contributed by atoms with Gasteiger partial charge in [-0.25, -0.2) is 9.97 Å². The maximum absolute atomic E-state index is 10.6. The minimum atomic E-state index is -3.76. The predicted octanol–water partition coefficient (Wildman–Crippen LogP) is 0.703. The fourth-order valence-corrected chi connectivity index (χ4v) is 6.40. The van der Waals surface area contributed by atoms with E-state index in [4.69, 9.17) is 66.2 Å². The van der Waals surface area contributed by atoms with Crippen LogP contribution < -0.4 is 11.5 Å². The van der Waals surface area contributed by atoms with Gasteiger partial charge in [-0.1, -0.05) is 24.4 Å². The second-order valence-corrected chi connectivity index (χ2v) is 13.1. The number of hydrogen-bond acceptors (Lipinski definition) is 15. The Kier molecular flexibility index (Phi) is 7.66. The fraction of sp³-hybridized carbons (Fsp3) is 0.500. The second-order valence-electron chi connectivity index (χ2n) is 9.45. The first-order chi connectivity index (χ1) is 19.5. The summed E-state index contributed by atoms with van der Waals surface area (Å²) >= 11 is 15.6. The van der Waals surface area contributed by atoms with Crippen molar-refractivity contribution in [3.63, 3.8) is 0 Å². The summed E-state index contributed by atoms with van der Waals surface area (Å²) in [6.45, 7) is -4.15. The van der Waals surface area contributed by atoms with E-state index in [1.54, 1.807) is 10.9 Å². The quantitative estimate of drug-likeness (QED) is 0.103. The Hall–Kier alpha value is -2.49. The largest absolute Gasteiger partial charge is 0.387 e. The number of aliphatic hydroxyl groups excluding tert-OH is 2. The minimum Gasteiger partial charge on any atom is -0.387 e. The van der Waals surface area contributed by atoms with Gasteiger partial charge < -0.3 is 55.1 Å². The lowest BCUT2D eigenvalue weighted by Crippen LogP contribution is -2.33. The third kappa shape index (κ3) is 5.53. The topological polar surface area (TPSA) is 243 Å². The van der Waals surface area contributed by atoms with Crippen LogP contribution in [0.25, 0.3) is 22.3 Å². The molecule has 9 N–H and O–H groups in total. The molecule has 6 rings (SSSR count). The number of aliphatic hydroxyl groups is 2. The van der Waals surface area contributed by atoms with Gasteiger partial charge in [0.15, 0.2) is 17.5 Å². The molecule has 1 unspecified atom stereocenters. The lowest BCUT2D eigenvalue weighted by atomic mass is 10.1. The molecule has 2 aliphatic rings. The minimum absolute atomic E-state index is 0.0413. The molecule has 6 heterocycles. The molecule has 4 aromatic rings. The van der Waals surface area contributed by atoms with Crippen LogP contribution in [-0.4, -0.2) is 91.8 Å². The molecule has 2 fully saturated rings. The first kappa shape index (κ1) is 28.6. The number of nitrogens with one attached hydrogen (secondary N) is 2. The van der Waals surface area contributed by atoms with Crippen molar-refractivity contribution in [1.82, 2.24) is 39.0 Å². The van der Waals surface area contributed by atoms with E-state index in [1.165, 1.54) is 10.9 Å². The number of ether oxygens (including phenoxy) is 2. The Morgan fingerprint density at radius 2 is 1.51 bits per heavy atom. The molecular weight excluding hydrogens is 619 g/mol. The van der Waals surface area contributed by atoms with E-state index in [1.807, 2.05) is 0 Å². The standard InChI is InChI=1S/C20H25N10O7PS3/c21-19-25-14-10(16(39)27-19)23-5-29(14)9-2-1-7(36-9)3-34-38(33,41)35-4-8-12(31)13(32)18(37-8)30-6-24-11-15(30)26-20(22)28-17(11)40/h5-9,12-13,18,31-32H,1-4H2,(H,33,41)(H3,21,25,27,39)(H3,22,26,28,40)/t7-,8+,9+,12-,13-,18+,38?/m0/s1. The Bertz CT molecular complexity index is 1780. The van der Waals surface area contributed by atoms with Gasteiger partial charge in [-0.15, -0.1) is 0 Å². The summed E-state index contributed by atoms with van der Waals surface area (Å²) in [6.07, 6.45) is -1.49. The molecule has 2 saturated heterocycles. The highest BCUT2D eigenvalue weighted by molar-refractivity contribution is 8.07. The van der Waals surface area contributed by atoms with E-state index < -0.39 is 43.6 Å². The van der Waals surface area contributed by atoms with Gasteiger partial charge in [0.05, 0.1) is 32.0 Å². The van der Waals surface area contributed by atoms with Crippen LogP contribution in [0.15, 0.2) is 12.7 Å². The summed E-state index contributed by atoms with van der Waals surface area (Å²) in [5.74, 6) is 0.219. The Labute approximate surface area is 245 Å². The fourth-order valence-electron chi connectivity index (χ4n) is 4.78. The molecule has 21 heteroatoms. The Balaban J connectivity index is 1.05. The molecular formula is C20H25N10O7PS3. The van der Waals surface area contributed by atoms with Gasteiger partial charge in [0.1, 0.15) is 44.9 Å². The van der Waals surface area contributed by atoms with E-state index in [9.17, 15) is 15.1 Å². The highest BCUT2D eigenvalue weighted by Crippen LogP contribution is 2.46. The van der Waals surface area contributed by atoms with Gasteiger partial charge in [0.2, 0.25) is 11.9 Å². The number of nitrogen functional groups attached to an aromatic ring is 2. The van der Waals surface area contributed by atoms with E-state index in [-0.39, 0.29) is 35.4 Å². The monoisotopic (exact) mass is 644 g/mol. The summed E-state index contributed by atoms with van der Waals surface area (Å²) in [6, 6.07) is 0. The Morgan fingerprint density at radius 1 is 0.927 bits per heavy atom. The van der Waals surface area contributed by atoms with Crippen LogP contribution in [0.1, 0.15) is 25.3 Å². The number of anilines is 2. The number of aromatic nitrogens is 8. The summed E-state index contributed by atoms with van der Waals surface area (Å²) < 4.78 is 26.6. The van der Waals surface area contributed by atoms with Crippen LogP contribution in [0.5, 0.6) is 0 Å². The zero-order valence-corrected chi connectivity index (χ0v) is 24.3. The number of aromatic amines is 2. The zero-order chi connectivity index (χ0) is 29.1. The van der Waals surface area contributed by atoms with E-state index in [0.29, 0.717) is 34.2 Å². The van der Waals surface area contributed by atoms with Crippen molar-refractivity contribution >= 4 is 77.2 Å². The highest BCUT2D eigenvalue weighted by Gasteiger charge is 2.45. The third-order valence-corrected chi connectivity index (χ3v) is 8.91. The molecule has 17 nitrogen and oxygen atoms in total. The first-order valence-corrected chi connectivity index (χ1v) is 15.6. The number of nitrogens with two attached hydrogens (primary N) is 2. The molecule has 0 radical (unpaired) electrons. The molecule has 220 valence electrons. The highest BCUT2D eigenvalue weighted by atomic mass is 32.5. The maximum Gasteiger partial charge on any atom is 0.324 e. The summed E-state index contributed by atoms with van der Waals surface area (Å²) in [4.78, 5) is 33.0.